The van der Waals surface area contributed by atoms with Crippen LogP contribution in [0.3, 0.4) is 0 Å². The van der Waals surface area contributed by atoms with Crippen molar-refractivity contribution in [2.45, 2.75) is 0 Å². The number of rotatable bonds is 1. The molecule has 0 fully saturated rings. The molecule has 2 nitrogen and oxygen atoms in total. The van der Waals surface area contributed by atoms with Gasteiger partial charge in [-0.1, -0.05) is 23.2 Å². The van der Waals surface area contributed by atoms with Gasteiger partial charge in [-0.15, -0.1) is 0 Å². The van der Waals surface area contributed by atoms with Crippen LogP contribution in [0.25, 0.3) is 11.3 Å². The quantitative estimate of drug-likeness (QED) is 0.744. The van der Waals surface area contributed by atoms with Gasteiger partial charge in [0.1, 0.15) is 4.60 Å². The van der Waals surface area contributed by atoms with Crippen LogP contribution >= 0.6 is 39.1 Å². The number of halogens is 3. The average molecular weight is 303 g/mol. The topological polar surface area (TPSA) is 25.8 Å². The van der Waals surface area contributed by atoms with Gasteiger partial charge >= 0.3 is 0 Å². The summed E-state index contributed by atoms with van der Waals surface area (Å²) in [6, 6.07) is 6.43. The Bertz CT molecular complexity index is 503. The van der Waals surface area contributed by atoms with E-state index in [9.17, 15) is 0 Å². The van der Waals surface area contributed by atoms with E-state index in [0.717, 1.165) is 5.56 Å². The monoisotopic (exact) mass is 301 g/mol. The Kier molecular flexibility index (Phi) is 3.24. The Morgan fingerprint density at radius 3 is 2.73 bits per heavy atom. The van der Waals surface area contributed by atoms with Gasteiger partial charge in [-0.3, -0.25) is 4.98 Å². The Balaban J connectivity index is 2.54. The number of hydrogen-bond acceptors (Lipinski definition) is 2. The fraction of sp³-hybridized carbons (Fsp3) is 0. The van der Waals surface area contributed by atoms with Crippen molar-refractivity contribution in [3.63, 3.8) is 0 Å². The number of pyridine rings is 2. The van der Waals surface area contributed by atoms with Crippen molar-refractivity contribution in [2.24, 2.45) is 0 Å². The number of aromatic nitrogens is 2. The number of hydrogen-bond donors (Lipinski definition) is 0. The second-order valence-electron chi connectivity index (χ2n) is 2.76. The van der Waals surface area contributed by atoms with Crippen LogP contribution in [0.4, 0.5) is 0 Å². The first-order chi connectivity index (χ1) is 7.16. The SMILES string of the molecule is Clc1cnc(-c2[c]c(Br)ncc2)c(Cl)c1. The first-order valence-electron chi connectivity index (χ1n) is 4.02. The minimum absolute atomic E-state index is 0.497. The van der Waals surface area contributed by atoms with Gasteiger partial charge in [-0.25, -0.2) is 4.98 Å². The minimum Gasteiger partial charge on any atom is -0.253 e. The summed E-state index contributed by atoms with van der Waals surface area (Å²) >= 11 is 15.0. The van der Waals surface area contributed by atoms with Crippen LogP contribution in [0.1, 0.15) is 0 Å². The molecular weight excluding hydrogens is 299 g/mol. The van der Waals surface area contributed by atoms with Gasteiger partial charge in [-0.05, 0) is 28.1 Å². The Morgan fingerprint density at radius 1 is 1.27 bits per heavy atom. The molecule has 0 spiro atoms. The second-order valence-corrected chi connectivity index (χ2v) is 4.35. The summed E-state index contributed by atoms with van der Waals surface area (Å²) in [5.41, 5.74) is 1.42. The lowest BCUT2D eigenvalue weighted by molar-refractivity contribution is 1.25. The molecule has 2 rings (SSSR count). The zero-order valence-electron chi connectivity index (χ0n) is 7.34. The van der Waals surface area contributed by atoms with Gasteiger partial charge in [0.05, 0.1) is 15.7 Å². The molecule has 0 bridgehead atoms. The predicted molar refractivity (Wildman–Crippen MR) is 64.0 cm³/mol. The van der Waals surface area contributed by atoms with Crippen molar-refractivity contribution >= 4 is 39.1 Å². The van der Waals surface area contributed by atoms with E-state index in [1.807, 2.05) is 0 Å². The second kappa shape index (κ2) is 4.47. The normalized spacial score (nSPS) is 10.3. The lowest BCUT2D eigenvalue weighted by Gasteiger charge is -2.03. The van der Waals surface area contributed by atoms with E-state index in [-0.39, 0.29) is 0 Å². The predicted octanol–water partition coefficient (Wildman–Crippen LogP) is 4.01. The third-order valence-corrected chi connectivity index (χ3v) is 2.63. The van der Waals surface area contributed by atoms with Crippen LogP contribution in [-0.4, -0.2) is 9.97 Å². The molecule has 0 aliphatic rings. The van der Waals surface area contributed by atoms with E-state index in [1.54, 1.807) is 24.5 Å². The summed E-state index contributed by atoms with van der Waals surface area (Å²) in [6.07, 6.45) is 3.20. The van der Waals surface area contributed by atoms with Gasteiger partial charge < -0.3 is 0 Å². The Hall–Kier alpha value is -0.640. The molecule has 0 saturated heterocycles. The zero-order valence-corrected chi connectivity index (χ0v) is 10.4. The van der Waals surface area contributed by atoms with Crippen LogP contribution < -0.4 is 0 Å². The fourth-order valence-electron chi connectivity index (χ4n) is 1.11. The van der Waals surface area contributed by atoms with Gasteiger partial charge in [0, 0.05) is 24.0 Å². The maximum atomic E-state index is 6.01. The van der Waals surface area contributed by atoms with Gasteiger partial charge in [-0.2, -0.15) is 0 Å². The largest absolute Gasteiger partial charge is 0.253 e. The van der Waals surface area contributed by atoms with Crippen molar-refractivity contribution in [3.8, 4) is 11.3 Å². The molecule has 0 aliphatic heterocycles. The van der Waals surface area contributed by atoms with Gasteiger partial charge in [0.2, 0.25) is 0 Å². The molecule has 15 heavy (non-hydrogen) atoms. The van der Waals surface area contributed by atoms with Gasteiger partial charge in [0.15, 0.2) is 0 Å². The molecular formula is C10H4BrCl2N2. The van der Waals surface area contributed by atoms with Crippen LogP contribution in [0.2, 0.25) is 10.0 Å². The lowest BCUT2D eigenvalue weighted by atomic mass is 10.2. The molecule has 5 heteroatoms. The maximum Gasteiger partial charge on any atom is 0.114 e. The maximum absolute atomic E-state index is 6.01. The summed E-state index contributed by atoms with van der Waals surface area (Å²) in [6.45, 7) is 0. The first-order valence-corrected chi connectivity index (χ1v) is 5.57. The van der Waals surface area contributed by atoms with Crippen LogP contribution in [0, 0.1) is 6.07 Å². The van der Waals surface area contributed by atoms with Crippen molar-refractivity contribution in [2.75, 3.05) is 0 Å². The van der Waals surface area contributed by atoms with E-state index in [4.69, 9.17) is 23.2 Å². The Morgan fingerprint density at radius 2 is 2.07 bits per heavy atom. The number of nitrogens with zero attached hydrogens (tertiary/aromatic N) is 2. The van der Waals surface area contributed by atoms with Crippen LogP contribution in [0.5, 0.6) is 0 Å². The smallest absolute Gasteiger partial charge is 0.114 e. The summed E-state index contributed by atoms with van der Waals surface area (Å²) < 4.78 is 0.618. The summed E-state index contributed by atoms with van der Waals surface area (Å²) in [5, 5.41) is 1.01. The highest BCUT2D eigenvalue weighted by molar-refractivity contribution is 9.10. The first kappa shape index (κ1) is 10.9. The molecule has 2 aromatic heterocycles. The third kappa shape index (κ3) is 2.48. The third-order valence-electron chi connectivity index (χ3n) is 1.73. The summed E-state index contributed by atoms with van der Waals surface area (Å²) in [5.74, 6) is 0. The molecule has 0 saturated carbocycles. The van der Waals surface area contributed by atoms with E-state index < -0.39 is 0 Å². The highest BCUT2D eigenvalue weighted by Gasteiger charge is 2.06. The van der Waals surface area contributed by atoms with Gasteiger partial charge in [0.25, 0.3) is 0 Å². The highest BCUT2D eigenvalue weighted by Crippen LogP contribution is 2.28. The van der Waals surface area contributed by atoms with E-state index >= 15 is 0 Å². The van der Waals surface area contributed by atoms with E-state index in [0.29, 0.717) is 20.3 Å². The summed E-state index contributed by atoms with van der Waals surface area (Å²) in [4.78, 5) is 8.12. The lowest BCUT2D eigenvalue weighted by Crippen LogP contribution is -1.86. The zero-order chi connectivity index (χ0) is 10.8. The molecule has 2 heterocycles. The van der Waals surface area contributed by atoms with Crippen molar-refractivity contribution in [3.05, 3.63) is 45.2 Å². The van der Waals surface area contributed by atoms with E-state index in [2.05, 4.69) is 32.0 Å². The molecule has 0 unspecified atom stereocenters. The van der Waals surface area contributed by atoms with Crippen molar-refractivity contribution in [1.29, 1.82) is 0 Å². The van der Waals surface area contributed by atoms with Crippen LogP contribution in [-0.2, 0) is 0 Å². The molecule has 0 N–H and O–H groups in total. The molecule has 0 atom stereocenters. The van der Waals surface area contributed by atoms with E-state index in [1.165, 1.54) is 0 Å². The average Bonchev–Trinajstić information content (AvgIpc) is 2.17. The molecule has 75 valence electrons. The standard InChI is InChI=1S/C10H4BrCl2N2/c11-9-3-6(1-2-14-9)10-8(13)4-7(12)5-15-10/h1-2,4-5H. The molecule has 1 radical (unpaired) electrons. The minimum atomic E-state index is 0.497. The molecule has 0 amide bonds. The molecule has 2 aromatic rings. The van der Waals surface area contributed by atoms with Crippen molar-refractivity contribution in [1.82, 2.24) is 9.97 Å². The fourth-order valence-corrected chi connectivity index (χ4v) is 1.93. The van der Waals surface area contributed by atoms with Crippen LogP contribution in [0.15, 0.2) is 29.1 Å². The van der Waals surface area contributed by atoms with Crippen molar-refractivity contribution < 1.29 is 0 Å². The highest BCUT2D eigenvalue weighted by atomic mass is 79.9. The Labute approximate surface area is 105 Å². The molecule has 0 aliphatic carbocycles. The molecule has 0 aromatic carbocycles. The summed E-state index contributed by atoms with van der Waals surface area (Å²) in [7, 11) is 0.